The quantitative estimate of drug-likeness (QED) is 0.857. The molecule has 0 saturated heterocycles. The van der Waals surface area contributed by atoms with Crippen LogP contribution >= 0.6 is 0 Å². The van der Waals surface area contributed by atoms with Gasteiger partial charge in [0, 0.05) is 18.9 Å². The summed E-state index contributed by atoms with van der Waals surface area (Å²) in [4.78, 5) is -0.0758. The fourth-order valence-corrected chi connectivity index (χ4v) is 2.10. The Morgan fingerprint density at radius 2 is 2.06 bits per heavy atom. The van der Waals surface area contributed by atoms with Gasteiger partial charge in [0.25, 0.3) is 0 Å². The molecule has 0 fully saturated rings. The van der Waals surface area contributed by atoms with Gasteiger partial charge in [-0.15, -0.1) is 0 Å². The van der Waals surface area contributed by atoms with Crippen molar-refractivity contribution in [3.05, 3.63) is 24.0 Å². The molecule has 1 aromatic carbocycles. The maximum atomic E-state index is 13.3. The second-order valence-corrected chi connectivity index (χ2v) is 6.15. The number of rotatable bonds is 6. The van der Waals surface area contributed by atoms with Crippen LogP contribution in [0.15, 0.2) is 23.1 Å². The van der Waals surface area contributed by atoms with E-state index < -0.39 is 15.7 Å². The van der Waals surface area contributed by atoms with Crippen molar-refractivity contribution >= 4 is 9.84 Å². The van der Waals surface area contributed by atoms with Gasteiger partial charge in [-0.2, -0.15) is 0 Å². The molecule has 0 spiro atoms. The highest BCUT2D eigenvalue weighted by molar-refractivity contribution is 7.90. The Labute approximate surface area is 107 Å². The first-order chi connectivity index (χ1) is 8.32. The molecule has 4 nitrogen and oxygen atoms in total. The minimum atomic E-state index is -3.44. The lowest BCUT2D eigenvalue weighted by molar-refractivity contribution is 0.217. The Morgan fingerprint density at radius 3 is 2.61 bits per heavy atom. The predicted octanol–water partition coefficient (Wildman–Crippen LogP) is 1.61. The summed E-state index contributed by atoms with van der Waals surface area (Å²) in [6.45, 7) is 5.22. The maximum Gasteiger partial charge on any atom is 0.175 e. The van der Waals surface area contributed by atoms with Crippen molar-refractivity contribution < 1.29 is 17.5 Å². The third kappa shape index (κ3) is 4.62. The number of benzene rings is 1. The van der Waals surface area contributed by atoms with E-state index in [0.717, 1.165) is 18.9 Å². The highest BCUT2D eigenvalue weighted by Crippen LogP contribution is 2.21. The van der Waals surface area contributed by atoms with E-state index in [2.05, 4.69) is 5.32 Å². The molecule has 1 unspecified atom stereocenters. The van der Waals surface area contributed by atoms with Crippen molar-refractivity contribution in [1.29, 1.82) is 0 Å². The molecule has 0 heterocycles. The summed E-state index contributed by atoms with van der Waals surface area (Å²) in [5, 5.41) is 3.09. The molecular formula is C12H18FNO3S. The first-order valence-electron chi connectivity index (χ1n) is 5.71. The molecule has 0 radical (unpaired) electrons. The topological polar surface area (TPSA) is 55.4 Å². The second-order valence-electron chi connectivity index (χ2n) is 4.13. The van der Waals surface area contributed by atoms with Crippen LogP contribution in [0.5, 0.6) is 5.75 Å². The SMILES string of the molecule is CCNCC(C)Oc1cc(F)cc(S(C)(=O)=O)c1. The van der Waals surface area contributed by atoms with Crippen LogP contribution in [-0.4, -0.2) is 33.9 Å². The van der Waals surface area contributed by atoms with Crippen LogP contribution in [0, 0.1) is 5.82 Å². The number of sulfone groups is 1. The van der Waals surface area contributed by atoms with Crippen molar-refractivity contribution in [3.8, 4) is 5.75 Å². The highest BCUT2D eigenvalue weighted by Gasteiger charge is 2.12. The van der Waals surface area contributed by atoms with E-state index in [4.69, 9.17) is 4.74 Å². The number of ether oxygens (including phenoxy) is 1. The molecule has 0 amide bonds. The van der Waals surface area contributed by atoms with E-state index >= 15 is 0 Å². The van der Waals surface area contributed by atoms with Gasteiger partial charge in [-0.1, -0.05) is 6.92 Å². The molecule has 18 heavy (non-hydrogen) atoms. The molecule has 1 rings (SSSR count). The monoisotopic (exact) mass is 275 g/mol. The molecule has 0 aliphatic heterocycles. The van der Waals surface area contributed by atoms with Crippen LogP contribution in [0.1, 0.15) is 13.8 Å². The Balaban J connectivity index is 2.87. The molecule has 102 valence electrons. The van der Waals surface area contributed by atoms with Gasteiger partial charge in [-0.05, 0) is 25.6 Å². The van der Waals surface area contributed by atoms with E-state index in [-0.39, 0.29) is 16.7 Å². The van der Waals surface area contributed by atoms with Crippen LogP contribution in [0.2, 0.25) is 0 Å². The lowest BCUT2D eigenvalue weighted by Gasteiger charge is -2.15. The van der Waals surface area contributed by atoms with Crippen LogP contribution in [-0.2, 0) is 9.84 Å². The Hall–Kier alpha value is -1.14. The van der Waals surface area contributed by atoms with Gasteiger partial charge in [-0.3, -0.25) is 0 Å². The lowest BCUT2D eigenvalue weighted by atomic mass is 10.3. The highest BCUT2D eigenvalue weighted by atomic mass is 32.2. The number of likely N-dealkylation sites (N-methyl/N-ethyl adjacent to an activating group) is 1. The van der Waals surface area contributed by atoms with Gasteiger partial charge in [-0.25, -0.2) is 12.8 Å². The average Bonchev–Trinajstić information content (AvgIpc) is 2.24. The van der Waals surface area contributed by atoms with Crippen molar-refractivity contribution in [1.82, 2.24) is 5.32 Å². The summed E-state index contributed by atoms with van der Waals surface area (Å²) < 4.78 is 41.5. The van der Waals surface area contributed by atoms with E-state index in [1.165, 1.54) is 12.1 Å². The lowest BCUT2D eigenvalue weighted by Crippen LogP contribution is -2.28. The van der Waals surface area contributed by atoms with Crippen molar-refractivity contribution in [3.63, 3.8) is 0 Å². The molecule has 0 aliphatic carbocycles. The van der Waals surface area contributed by atoms with Crippen LogP contribution in [0.4, 0.5) is 4.39 Å². The molecule has 0 aromatic heterocycles. The molecule has 0 saturated carbocycles. The zero-order valence-electron chi connectivity index (χ0n) is 10.7. The number of halogens is 1. The zero-order valence-corrected chi connectivity index (χ0v) is 11.6. The summed E-state index contributed by atoms with van der Waals surface area (Å²) in [6.07, 6.45) is 0.868. The fraction of sp³-hybridized carbons (Fsp3) is 0.500. The fourth-order valence-electron chi connectivity index (χ4n) is 1.44. The molecule has 0 aliphatic rings. The van der Waals surface area contributed by atoms with Gasteiger partial charge in [0.15, 0.2) is 9.84 Å². The molecule has 1 atom stereocenters. The molecule has 1 N–H and O–H groups in total. The first kappa shape index (κ1) is 14.9. The second kappa shape index (κ2) is 6.15. The summed E-state index contributed by atoms with van der Waals surface area (Å²) >= 11 is 0. The molecule has 0 bridgehead atoms. The minimum absolute atomic E-state index is 0.0758. The van der Waals surface area contributed by atoms with Crippen molar-refractivity contribution in [2.45, 2.75) is 24.8 Å². The van der Waals surface area contributed by atoms with E-state index in [1.54, 1.807) is 0 Å². The van der Waals surface area contributed by atoms with Gasteiger partial charge in [0.2, 0.25) is 0 Å². The van der Waals surface area contributed by atoms with E-state index in [9.17, 15) is 12.8 Å². The summed E-state index contributed by atoms with van der Waals surface area (Å²) in [6, 6.07) is 3.50. The van der Waals surface area contributed by atoms with Gasteiger partial charge < -0.3 is 10.1 Å². The summed E-state index contributed by atoms with van der Waals surface area (Å²) in [5.41, 5.74) is 0. The minimum Gasteiger partial charge on any atom is -0.489 e. The van der Waals surface area contributed by atoms with Crippen LogP contribution in [0.3, 0.4) is 0 Å². The third-order valence-electron chi connectivity index (χ3n) is 2.29. The van der Waals surface area contributed by atoms with Gasteiger partial charge in [0.1, 0.15) is 17.7 Å². The molecule has 6 heteroatoms. The van der Waals surface area contributed by atoms with Crippen molar-refractivity contribution in [2.24, 2.45) is 0 Å². The Morgan fingerprint density at radius 1 is 1.39 bits per heavy atom. The van der Waals surface area contributed by atoms with Crippen molar-refractivity contribution in [2.75, 3.05) is 19.3 Å². The van der Waals surface area contributed by atoms with Gasteiger partial charge >= 0.3 is 0 Å². The standard InChI is InChI=1S/C12H18FNO3S/c1-4-14-8-9(2)17-11-5-10(13)6-12(7-11)18(3,15)16/h5-7,9,14H,4,8H2,1-3H3. The van der Waals surface area contributed by atoms with E-state index in [1.807, 2.05) is 13.8 Å². The molecular weight excluding hydrogens is 257 g/mol. The largest absolute Gasteiger partial charge is 0.489 e. The average molecular weight is 275 g/mol. The number of nitrogens with one attached hydrogen (secondary N) is 1. The third-order valence-corrected chi connectivity index (χ3v) is 3.38. The smallest absolute Gasteiger partial charge is 0.175 e. The predicted molar refractivity (Wildman–Crippen MR) is 68.1 cm³/mol. The van der Waals surface area contributed by atoms with Gasteiger partial charge in [0.05, 0.1) is 4.90 Å². The molecule has 1 aromatic rings. The van der Waals surface area contributed by atoms with Crippen LogP contribution in [0.25, 0.3) is 0 Å². The maximum absolute atomic E-state index is 13.3. The van der Waals surface area contributed by atoms with Crippen LogP contribution < -0.4 is 10.1 Å². The Bertz CT molecular complexity index is 502. The summed E-state index contributed by atoms with van der Waals surface area (Å²) in [5.74, 6) is -0.399. The number of hydrogen-bond donors (Lipinski definition) is 1. The number of hydrogen-bond acceptors (Lipinski definition) is 4. The summed E-state index contributed by atoms with van der Waals surface area (Å²) in [7, 11) is -3.44. The first-order valence-corrected chi connectivity index (χ1v) is 7.60. The zero-order chi connectivity index (χ0) is 13.8. The Kier molecular flexibility index (Phi) is 5.10. The normalized spacial score (nSPS) is 13.3. The van der Waals surface area contributed by atoms with E-state index in [0.29, 0.717) is 6.54 Å².